The highest BCUT2D eigenvalue weighted by Gasteiger charge is 2.51. The zero-order chi connectivity index (χ0) is 26.5. The summed E-state index contributed by atoms with van der Waals surface area (Å²) in [6.45, 7) is 21.9. The van der Waals surface area contributed by atoms with Crippen molar-refractivity contribution >= 4 is 29.6 Å². The molecule has 190 valence electrons. The lowest BCUT2D eigenvalue weighted by Crippen LogP contribution is -2.41. The molecule has 0 spiro atoms. The number of rotatable bonds is 4. The van der Waals surface area contributed by atoms with Crippen LogP contribution in [0.1, 0.15) is 80.4 Å². The second kappa shape index (κ2) is 9.08. The molecule has 0 unspecified atom stereocenters. The predicted molar refractivity (Wildman–Crippen MR) is 154 cm³/mol. The van der Waals surface area contributed by atoms with Crippen LogP contribution in [0.3, 0.4) is 0 Å². The lowest BCUT2D eigenvalue weighted by Gasteiger charge is -2.32. The van der Waals surface area contributed by atoms with Crippen molar-refractivity contribution in [2.75, 3.05) is 4.90 Å². The average molecular weight is 484 g/mol. The molecule has 1 aliphatic rings. The molecule has 1 saturated heterocycles. The second-order valence-electron chi connectivity index (χ2n) is 13.1. The molecular formula is C32H42BNO2. The van der Waals surface area contributed by atoms with Gasteiger partial charge in [0.15, 0.2) is 0 Å². The smallest absolute Gasteiger partial charge is 0.399 e. The Bertz CT molecular complexity index is 1130. The fraction of sp³-hybridized carbons (Fsp3) is 0.438. The number of hydrogen-bond acceptors (Lipinski definition) is 3. The topological polar surface area (TPSA) is 21.7 Å². The van der Waals surface area contributed by atoms with Crippen LogP contribution in [0, 0.1) is 0 Å². The molecule has 0 bridgehead atoms. The summed E-state index contributed by atoms with van der Waals surface area (Å²) in [7, 11) is -0.400. The Labute approximate surface area is 219 Å². The molecule has 1 heterocycles. The van der Waals surface area contributed by atoms with E-state index >= 15 is 0 Å². The van der Waals surface area contributed by atoms with Gasteiger partial charge in [-0.15, -0.1) is 0 Å². The zero-order valence-electron chi connectivity index (χ0n) is 23.8. The van der Waals surface area contributed by atoms with Crippen molar-refractivity contribution in [1.29, 1.82) is 0 Å². The first-order valence-electron chi connectivity index (χ1n) is 13.1. The van der Waals surface area contributed by atoms with E-state index in [0.29, 0.717) is 0 Å². The Morgan fingerprint density at radius 3 is 1.39 bits per heavy atom. The van der Waals surface area contributed by atoms with E-state index in [0.717, 1.165) is 22.5 Å². The van der Waals surface area contributed by atoms with Gasteiger partial charge < -0.3 is 14.2 Å². The van der Waals surface area contributed by atoms with Gasteiger partial charge in [0.05, 0.1) is 11.2 Å². The van der Waals surface area contributed by atoms with Crippen LogP contribution in [0.25, 0.3) is 0 Å². The van der Waals surface area contributed by atoms with Crippen LogP contribution in [0.4, 0.5) is 17.1 Å². The third kappa shape index (κ3) is 5.26. The molecule has 1 aliphatic heterocycles. The van der Waals surface area contributed by atoms with Gasteiger partial charge in [-0.1, -0.05) is 77.9 Å². The summed E-state index contributed by atoms with van der Waals surface area (Å²) in [6, 6.07) is 26.4. The molecule has 3 aromatic rings. The van der Waals surface area contributed by atoms with Crippen LogP contribution >= 0.6 is 0 Å². The fourth-order valence-electron chi connectivity index (χ4n) is 4.46. The first-order valence-corrected chi connectivity index (χ1v) is 13.1. The van der Waals surface area contributed by atoms with Crippen molar-refractivity contribution < 1.29 is 9.31 Å². The minimum Gasteiger partial charge on any atom is -0.399 e. The number of anilines is 3. The summed E-state index contributed by atoms with van der Waals surface area (Å²) in [5, 5.41) is 0. The Morgan fingerprint density at radius 1 is 0.583 bits per heavy atom. The SMILES string of the molecule is CC(C)(C)c1ccc(N(c2ccc(C(C)(C)C)cc2)c2cccc(B3OC(C)(C)C(C)(C)O3)c2)cc1. The summed E-state index contributed by atoms with van der Waals surface area (Å²) < 4.78 is 12.7. The summed E-state index contributed by atoms with van der Waals surface area (Å²) in [5.41, 5.74) is 6.44. The molecule has 4 heteroatoms. The first-order chi connectivity index (χ1) is 16.6. The van der Waals surface area contributed by atoms with E-state index in [2.05, 4.69) is 147 Å². The normalized spacial score (nSPS) is 17.3. The van der Waals surface area contributed by atoms with Gasteiger partial charge >= 0.3 is 7.12 Å². The van der Waals surface area contributed by atoms with Gasteiger partial charge in [-0.05, 0) is 91.5 Å². The maximum atomic E-state index is 6.36. The van der Waals surface area contributed by atoms with E-state index in [9.17, 15) is 0 Å². The van der Waals surface area contributed by atoms with Crippen molar-refractivity contribution in [3.05, 3.63) is 83.9 Å². The van der Waals surface area contributed by atoms with Crippen LogP contribution in [-0.4, -0.2) is 18.3 Å². The monoisotopic (exact) mass is 483 g/mol. The van der Waals surface area contributed by atoms with Crippen LogP contribution in [0.15, 0.2) is 72.8 Å². The standard InChI is InChI=1S/C32H42BNO2/c1-29(2,3)23-14-18-26(19-15-23)34(27-20-16-24(17-21-27)30(4,5)6)28-13-11-12-25(22-28)33-35-31(7,8)32(9,10)36-33/h11-22H,1-10H3. The quantitative estimate of drug-likeness (QED) is 0.351. The highest BCUT2D eigenvalue weighted by atomic mass is 16.7. The molecule has 0 saturated carbocycles. The second-order valence-corrected chi connectivity index (χ2v) is 13.1. The van der Waals surface area contributed by atoms with Crippen LogP contribution in [0.5, 0.6) is 0 Å². The van der Waals surface area contributed by atoms with Crippen LogP contribution in [0.2, 0.25) is 0 Å². The Balaban J connectivity index is 1.77. The van der Waals surface area contributed by atoms with E-state index in [1.807, 2.05) is 0 Å². The third-order valence-electron chi connectivity index (χ3n) is 7.64. The summed E-state index contributed by atoms with van der Waals surface area (Å²) in [5.74, 6) is 0. The molecule has 36 heavy (non-hydrogen) atoms. The van der Waals surface area contributed by atoms with Crippen molar-refractivity contribution in [3.8, 4) is 0 Å². The van der Waals surface area contributed by atoms with E-state index in [4.69, 9.17) is 9.31 Å². The van der Waals surface area contributed by atoms with Gasteiger partial charge in [-0.25, -0.2) is 0 Å². The minimum absolute atomic E-state index is 0.106. The maximum Gasteiger partial charge on any atom is 0.494 e. The molecule has 0 N–H and O–H groups in total. The van der Waals surface area contributed by atoms with E-state index < -0.39 is 7.12 Å². The van der Waals surface area contributed by atoms with Gasteiger partial charge in [0.25, 0.3) is 0 Å². The van der Waals surface area contributed by atoms with E-state index in [-0.39, 0.29) is 22.0 Å². The van der Waals surface area contributed by atoms with Crippen LogP contribution < -0.4 is 10.4 Å². The first kappa shape index (κ1) is 26.5. The van der Waals surface area contributed by atoms with Crippen molar-refractivity contribution in [1.82, 2.24) is 0 Å². The number of hydrogen-bond donors (Lipinski definition) is 0. The molecule has 0 atom stereocenters. The fourth-order valence-corrected chi connectivity index (χ4v) is 4.46. The van der Waals surface area contributed by atoms with Gasteiger partial charge in [-0.2, -0.15) is 0 Å². The molecular weight excluding hydrogens is 441 g/mol. The molecule has 1 fully saturated rings. The predicted octanol–water partition coefficient (Wildman–Crippen LogP) is 8.05. The summed E-state index contributed by atoms with van der Waals surface area (Å²) >= 11 is 0. The maximum absolute atomic E-state index is 6.36. The van der Waals surface area contributed by atoms with Gasteiger partial charge in [0, 0.05) is 17.1 Å². The molecule has 3 aromatic carbocycles. The Morgan fingerprint density at radius 2 is 1.00 bits per heavy atom. The summed E-state index contributed by atoms with van der Waals surface area (Å²) in [6.07, 6.45) is 0. The zero-order valence-corrected chi connectivity index (χ0v) is 23.8. The molecule has 3 nitrogen and oxygen atoms in total. The number of nitrogens with zero attached hydrogens (tertiary/aromatic N) is 1. The number of benzene rings is 3. The van der Waals surface area contributed by atoms with Crippen molar-refractivity contribution in [3.63, 3.8) is 0 Å². The largest absolute Gasteiger partial charge is 0.494 e. The highest BCUT2D eigenvalue weighted by molar-refractivity contribution is 6.62. The third-order valence-corrected chi connectivity index (χ3v) is 7.64. The van der Waals surface area contributed by atoms with E-state index in [1.54, 1.807) is 0 Å². The highest BCUT2D eigenvalue weighted by Crippen LogP contribution is 2.39. The van der Waals surface area contributed by atoms with E-state index in [1.165, 1.54) is 11.1 Å². The lowest BCUT2D eigenvalue weighted by molar-refractivity contribution is 0.00578. The van der Waals surface area contributed by atoms with Crippen molar-refractivity contribution in [2.45, 2.75) is 91.3 Å². The molecule has 0 aliphatic carbocycles. The van der Waals surface area contributed by atoms with Crippen LogP contribution in [-0.2, 0) is 20.1 Å². The Kier molecular flexibility index (Phi) is 6.68. The lowest BCUT2D eigenvalue weighted by atomic mass is 9.79. The van der Waals surface area contributed by atoms with Gasteiger partial charge in [-0.3, -0.25) is 0 Å². The molecule has 0 amide bonds. The minimum atomic E-state index is -0.400. The summed E-state index contributed by atoms with van der Waals surface area (Å²) in [4.78, 5) is 2.31. The molecule has 0 radical (unpaired) electrons. The van der Waals surface area contributed by atoms with Gasteiger partial charge in [0.1, 0.15) is 0 Å². The molecule has 0 aromatic heterocycles. The Hall–Kier alpha value is -2.56. The van der Waals surface area contributed by atoms with Crippen molar-refractivity contribution in [2.24, 2.45) is 0 Å². The van der Waals surface area contributed by atoms with Gasteiger partial charge in [0.2, 0.25) is 0 Å². The molecule has 4 rings (SSSR count). The average Bonchev–Trinajstić information content (AvgIpc) is 3.01.